The van der Waals surface area contributed by atoms with Crippen molar-refractivity contribution in [2.75, 3.05) is 0 Å². The van der Waals surface area contributed by atoms with Gasteiger partial charge in [-0.2, -0.15) is 0 Å². The van der Waals surface area contributed by atoms with Crippen LogP contribution in [0.5, 0.6) is 0 Å². The van der Waals surface area contributed by atoms with E-state index >= 15 is 0 Å². The lowest BCUT2D eigenvalue weighted by atomic mass is 10.0. The molecule has 1 atom stereocenters. The van der Waals surface area contributed by atoms with Crippen molar-refractivity contribution in [3.8, 4) is 0 Å². The molecule has 3 heteroatoms. The minimum atomic E-state index is 0.196. The summed E-state index contributed by atoms with van der Waals surface area (Å²) in [6.07, 6.45) is 12.2. The molecule has 102 valence electrons. The summed E-state index contributed by atoms with van der Waals surface area (Å²) >= 11 is 0. The lowest BCUT2D eigenvalue weighted by molar-refractivity contribution is 0.467. The van der Waals surface area contributed by atoms with Crippen molar-refractivity contribution in [1.29, 1.82) is 0 Å². The fourth-order valence-corrected chi connectivity index (χ4v) is 2.20. The molecule has 0 spiro atoms. The van der Waals surface area contributed by atoms with E-state index < -0.39 is 0 Å². The van der Waals surface area contributed by atoms with Crippen molar-refractivity contribution in [3.05, 3.63) is 30.1 Å². The molecule has 1 aromatic rings. The van der Waals surface area contributed by atoms with E-state index in [2.05, 4.69) is 17.3 Å². The molecule has 0 fully saturated rings. The number of hydrazine groups is 1. The molecule has 1 heterocycles. The number of hydrogen-bond donors (Lipinski definition) is 2. The van der Waals surface area contributed by atoms with Gasteiger partial charge in [-0.15, -0.1) is 0 Å². The number of hydrogen-bond acceptors (Lipinski definition) is 3. The van der Waals surface area contributed by atoms with Gasteiger partial charge in [0.05, 0.1) is 11.7 Å². The average molecular weight is 249 g/mol. The molecule has 18 heavy (non-hydrogen) atoms. The summed E-state index contributed by atoms with van der Waals surface area (Å²) in [5.74, 6) is 5.60. The minimum Gasteiger partial charge on any atom is -0.271 e. The second kappa shape index (κ2) is 10.0. The van der Waals surface area contributed by atoms with Crippen LogP contribution >= 0.6 is 0 Å². The normalized spacial score (nSPS) is 12.6. The molecule has 3 N–H and O–H groups in total. The predicted molar refractivity (Wildman–Crippen MR) is 76.9 cm³/mol. The lowest BCUT2D eigenvalue weighted by Gasteiger charge is -2.14. The summed E-state index contributed by atoms with van der Waals surface area (Å²) in [5.41, 5.74) is 3.91. The van der Waals surface area contributed by atoms with E-state index in [1.54, 1.807) is 0 Å². The monoisotopic (exact) mass is 249 g/mol. The zero-order chi connectivity index (χ0) is 13.1. The third-order valence-electron chi connectivity index (χ3n) is 3.34. The van der Waals surface area contributed by atoms with Crippen LogP contribution in [0.3, 0.4) is 0 Å². The zero-order valence-corrected chi connectivity index (χ0v) is 11.6. The summed E-state index contributed by atoms with van der Waals surface area (Å²) in [5, 5.41) is 0. The number of aromatic nitrogens is 1. The van der Waals surface area contributed by atoms with Crippen LogP contribution in [0.15, 0.2) is 24.4 Å². The Morgan fingerprint density at radius 1 is 1.11 bits per heavy atom. The molecule has 0 saturated heterocycles. The summed E-state index contributed by atoms with van der Waals surface area (Å²) in [4.78, 5) is 4.35. The van der Waals surface area contributed by atoms with Gasteiger partial charge < -0.3 is 0 Å². The van der Waals surface area contributed by atoms with Crippen LogP contribution in [0.4, 0.5) is 0 Å². The summed E-state index contributed by atoms with van der Waals surface area (Å²) < 4.78 is 0. The Morgan fingerprint density at radius 2 is 1.83 bits per heavy atom. The highest BCUT2D eigenvalue weighted by molar-refractivity contribution is 5.08. The second-order valence-corrected chi connectivity index (χ2v) is 4.88. The van der Waals surface area contributed by atoms with Gasteiger partial charge in [0, 0.05) is 6.20 Å². The Bertz CT molecular complexity index is 287. The van der Waals surface area contributed by atoms with E-state index in [1.165, 1.54) is 44.9 Å². The topological polar surface area (TPSA) is 50.9 Å². The first-order valence-corrected chi connectivity index (χ1v) is 7.25. The summed E-state index contributed by atoms with van der Waals surface area (Å²) in [7, 11) is 0. The van der Waals surface area contributed by atoms with Crippen LogP contribution in [0.2, 0.25) is 0 Å². The quantitative estimate of drug-likeness (QED) is 0.377. The van der Waals surface area contributed by atoms with E-state index in [0.717, 1.165) is 12.1 Å². The van der Waals surface area contributed by atoms with E-state index in [9.17, 15) is 0 Å². The lowest BCUT2D eigenvalue weighted by Crippen LogP contribution is -2.28. The van der Waals surface area contributed by atoms with Crippen LogP contribution in [0.1, 0.15) is 70.0 Å². The molecule has 0 radical (unpaired) electrons. The molecule has 1 aromatic heterocycles. The molecule has 0 aromatic carbocycles. The van der Waals surface area contributed by atoms with Crippen molar-refractivity contribution in [1.82, 2.24) is 10.4 Å². The minimum absolute atomic E-state index is 0.196. The van der Waals surface area contributed by atoms with Crippen molar-refractivity contribution in [3.63, 3.8) is 0 Å². The van der Waals surface area contributed by atoms with Gasteiger partial charge in [0.15, 0.2) is 0 Å². The van der Waals surface area contributed by atoms with E-state index in [4.69, 9.17) is 5.84 Å². The SMILES string of the molecule is CCCCCCCCCC(NN)c1ccccn1. The number of nitrogens with one attached hydrogen (secondary N) is 1. The first-order valence-electron chi connectivity index (χ1n) is 7.25. The Kier molecular flexibility index (Phi) is 8.43. The molecule has 1 rings (SSSR count). The molecule has 1 unspecified atom stereocenters. The second-order valence-electron chi connectivity index (χ2n) is 4.88. The number of pyridine rings is 1. The zero-order valence-electron chi connectivity index (χ0n) is 11.6. The van der Waals surface area contributed by atoms with Crippen LogP contribution < -0.4 is 11.3 Å². The van der Waals surface area contributed by atoms with E-state index in [1.807, 2.05) is 24.4 Å². The van der Waals surface area contributed by atoms with Crippen molar-refractivity contribution < 1.29 is 0 Å². The van der Waals surface area contributed by atoms with E-state index in [-0.39, 0.29) is 6.04 Å². The number of nitrogens with two attached hydrogens (primary N) is 1. The predicted octanol–water partition coefficient (Wildman–Crippen LogP) is 3.73. The maximum atomic E-state index is 5.60. The van der Waals surface area contributed by atoms with Crippen molar-refractivity contribution >= 4 is 0 Å². The average Bonchev–Trinajstić information content (AvgIpc) is 2.43. The standard InChI is InChI=1S/C15H27N3/c1-2-3-4-5-6-7-8-12-15(18-16)14-11-9-10-13-17-14/h9-11,13,15,18H,2-8,12,16H2,1H3. The van der Waals surface area contributed by atoms with E-state index in [0.29, 0.717) is 0 Å². The van der Waals surface area contributed by atoms with Gasteiger partial charge in [0.25, 0.3) is 0 Å². The fraction of sp³-hybridized carbons (Fsp3) is 0.667. The fourth-order valence-electron chi connectivity index (χ4n) is 2.20. The Labute approximate surface area is 111 Å². The molecular weight excluding hydrogens is 222 g/mol. The first kappa shape index (κ1) is 15.1. The molecule has 0 saturated carbocycles. The van der Waals surface area contributed by atoms with Gasteiger partial charge in [-0.1, -0.05) is 57.9 Å². The van der Waals surface area contributed by atoms with Crippen LogP contribution in [-0.2, 0) is 0 Å². The highest BCUT2D eigenvalue weighted by Gasteiger charge is 2.09. The Balaban J connectivity index is 2.13. The molecule has 0 aliphatic carbocycles. The summed E-state index contributed by atoms with van der Waals surface area (Å²) in [6, 6.07) is 6.18. The highest BCUT2D eigenvalue weighted by atomic mass is 15.2. The maximum absolute atomic E-state index is 5.60. The largest absolute Gasteiger partial charge is 0.271 e. The van der Waals surface area contributed by atoms with Gasteiger partial charge in [0.1, 0.15) is 0 Å². The molecule has 3 nitrogen and oxygen atoms in total. The smallest absolute Gasteiger partial charge is 0.0632 e. The van der Waals surface area contributed by atoms with Crippen molar-refractivity contribution in [2.24, 2.45) is 5.84 Å². The van der Waals surface area contributed by atoms with Gasteiger partial charge in [0.2, 0.25) is 0 Å². The summed E-state index contributed by atoms with van der Waals surface area (Å²) in [6.45, 7) is 2.25. The Hall–Kier alpha value is -0.930. The number of rotatable bonds is 10. The van der Waals surface area contributed by atoms with Gasteiger partial charge in [-0.25, -0.2) is 0 Å². The molecule has 0 amide bonds. The first-order chi connectivity index (χ1) is 8.88. The van der Waals surface area contributed by atoms with Crippen LogP contribution in [-0.4, -0.2) is 4.98 Å². The Morgan fingerprint density at radius 3 is 2.44 bits per heavy atom. The molecule has 0 aliphatic heterocycles. The van der Waals surface area contributed by atoms with Crippen LogP contribution in [0.25, 0.3) is 0 Å². The number of unbranched alkanes of at least 4 members (excludes halogenated alkanes) is 6. The van der Waals surface area contributed by atoms with Gasteiger partial charge in [-0.05, 0) is 18.6 Å². The number of nitrogens with zero attached hydrogens (tertiary/aromatic N) is 1. The van der Waals surface area contributed by atoms with Crippen LogP contribution in [0, 0.1) is 0 Å². The molecular formula is C15H27N3. The van der Waals surface area contributed by atoms with Gasteiger partial charge >= 0.3 is 0 Å². The maximum Gasteiger partial charge on any atom is 0.0632 e. The van der Waals surface area contributed by atoms with Gasteiger partial charge in [-0.3, -0.25) is 16.3 Å². The molecule has 0 bridgehead atoms. The third-order valence-corrected chi connectivity index (χ3v) is 3.34. The highest BCUT2D eigenvalue weighted by Crippen LogP contribution is 2.17. The third kappa shape index (κ3) is 6.12. The molecule has 0 aliphatic rings. The van der Waals surface area contributed by atoms with Crippen molar-refractivity contribution in [2.45, 2.75) is 64.3 Å².